The van der Waals surface area contributed by atoms with E-state index < -0.39 is 0 Å². The number of nitrogens with one attached hydrogen (secondary N) is 2. The van der Waals surface area contributed by atoms with Crippen molar-refractivity contribution >= 4 is 28.3 Å². The van der Waals surface area contributed by atoms with Gasteiger partial charge in [-0.15, -0.1) is 16.4 Å². The van der Waals surface area contributed by atoms with E-state index in [-0.39, 0.29) is 11.8 Å². The SMILES string of the molecule is CC(=O)NCc1ccc(-c2csc(NC(=O)c3ccc(-n4cnnn4)cc3)n2)o1. The fraction of sp³-hybridized carbons (Fsp3) is 0.111. The molecule has 3 heterocycles. The lowest BCUT2D eigenvalue weighted by molar-refractivity contribution is -0.119. The van der Waals surface area contributed by atoms with Gasteiger partial charge in [-0.25, -0.2) is 9.67 Å². The predicted molar refractivity (Wildman–Crippen MR) is 104 cm³/mol. The Morgan fingerprint density at radius 1 is 1.17 bits per heavy atom. The number of rotatable bonds is 6. The number of amides is 2. The largest absolute Gasteiger partial charge is 0.458 e. The molecular weight excluding hydrogens is 394 g/mol. The van der Waals surface area contributed by atoms with Gasteiger partial charge in [0.1, 0.15) is 17.8 Å². The van der Waals surface area contributed by atoms with E-state index >= 15 is 0 Å². The molecule has 29 heavy (non-hydrogen) atoms. The van der Waals surface area contributed by atoms with Crippen LogP contribution < -0.4 is 10.6 Å². The van der Waals surface area contributed by atoms with E-state index in [1.54, 1.807) is 41.8 Å². The van der Waals surface area contributed by atoms with Crippen molar-refractivity contribution in [1.82, 2.24) is 30.5 Å². The third-order valence-electron chi connectivity index (χ3n) is 3.89. The van der Waals surface area contributed by atoms with Gasteiger partial charge in [0.2, 0.25) is 5.91 Å². The number of anilines is 1. The van der Waals surface area contributed by atoms with Gasteiger partial charge in [-0.2, -0.15) is 0 Å². The van der Waals surface area contributed by atoms with Crippen LogP contribution in [0.5, 0.6) is 0 Å². The lowest BCUT2D eigenvalue weighted by Gasteiger charge is -2.03. The average molecular weight is 409 g/mol. The Kier molecular flexibility index (Phi) is 5.12. The molecule has 2 N–H and O–H groups in total. The highest BCUT2D eigenvalue weighted by molar-refractivity contribution is 7.14. The molecule has 11 heteroatoms. The highest BCUT2D eigenvalue weighted by Crippen LogP contribution is 2.27. The number of nitrogens with zero attached hydrogens (tertiary/aromatic N) is 5. The van der Waals surface area contributed by atoms with Crippen molar-refractivity contribution in [2.24, 2.45) is 0 Å². The summed E-state index contributed by atoms with van der Waals surface area (Å²) in [5.74, 6) is 0.775. The quantitative estimate of drug-likeness (QED) is 0.500. The molecule has 0 fully saturated rings. The smallest absolute Gasteiger partial charge is 0.257 e. The van der Waals surface area contributed by atoms with Crippen molar-refractivity contribution < 1.29 is 14.0 Å². The second-order valence-corrected chi connectivity index (χ2v) is 6.83. The van der Waals surface area contributed by atoms with Crippen molar-refractivity contribution in [3.05, 3.63) is 59.4 Å². The molecule has 0 spiro atoms. The molecule has 0 aliphatic heterocycles. The number of tetrazole rings is 1. The van der Waals surface area contributed by atoms with Crippen molar-refractivity contribution in [1.29, 1.82) is 0 Å². The lowest BCUT2D eigenvalue weighted by Crippen LogP contribution is -2.18. The minimum Gasteiger partial charge on any atom is -0.458 e. The van der Waals surface area contributed by atoms with Gasteiger partial charge in [-0.3, -0.25) is 14.9 Å². The van der Waals surface area contributed by atoms with Crippen LogP contribution in [-0.4, -0.2) is 37.0 Å². The third-order valence-corrected chi connectivity index (χ3v) is 4.65. The summed E-state index contributed by atoms with van der Waals surface area (Å²) in [6.45, 7) is 1.75. The normalized spacial score (nSPS) is 10.7. The average Bonchev–Trinajstić information content (AvgIpc) is 3.47. The molecule has 4 rings (SSSR count). The molecule has 0 saturated carbocycles. The van der Waals surface area contributed by atoms with Gasteiger partial charge in [0.15, 0.2) is 10.9 Å². The van der Waals surface area contributed by atoms with Gasteiger partial charge in [0.25, 0.3) is 5.91 Å². The zero-order valence-corrected chi connectivity index (χ0v) is 16.0. The predicted octanol–water partition coefficient (Wildman–Crippen LogP) is 2.27. The van der Waals surface area contributed by atoms with Crippen molar-refractivity contribution in [2.75, 3.05) is 5.32 Å². The van der Waals surface area contributed by atoms with Gasteiger partial charge in [-0.1, -0.05) is 0 Å². The Bertz CT molecular complexity index is 1130. The van der Waals surface area contributed by atoms with Crippen LogP contribution in [-0.2, 0) is 11.3 Å². The maximum Gasteiger partial charge on any atom is 0.257 e. The number of carbonyl (C=O) groups is 2. The summed E-state index contributed by atoms with van der Waals surface area (Å²) in [5, 5.41) is 18.6. The molecule has 2 amide bonds. The van der Waals surface area contributed by atoms with Crippen LogP contribution in [0.25, 0.3) is 17.1 Å². The Balaban J connectivity index is 1.41. The first-order valence-electron chi connectivity index (χ1n) is 8.52. The molecular formula is C18H15N7O3S. The van der Waals surface area contributed by atoms with E-state index in [9.17, 15) is 9.59 Å². The molecule has 1 aromatic carbocycles. The summed E-state index contributed by atoms with van der Waals surface area (Å²) in [6.07, 6.45) is 1.47. The first-order valence-corrected chi connectivity index (χ1v) is 9.40. The first kappa shape index (κ1) is 18.5. The van der Waals surface area contributed by atoms with E-state index in [2.05, 4.69) is 31.1 Å². The van der Waals surface area contributed by atoms with Crippen LogP contribution in [0.2, 0.25) is 0 Å². The van der Waals surface area contributed by atoms with Crippen LogP contribution in [0.1, 0.15) is 23.0 Å². The number of thiazole rings is 1. The highest BCUT2D eigenvalue weighted by atomic mass is 32.1. The summed E-state index contributed by atoms with van der Waals surface area (Å²) in [4.78, 5) is 27.8. The Morgan fingerprint density at radius 3 is 2.72 bits per heavy atom. The summed E-state index contributed by atoms with van der Waals surface area (Å²) >= 11 is 1.29. The standard InChI is InChI=1S/C18H15N7O3S/c1-11(26)19-8-14-6-7-16(28-14)15-9-29-18(21-15)22-17(27)12-2-4-13(5-3-12)25-10-20-23-24-25/h2-7,9-10H,8H2,1H3,(H,19,26)(H,21,22,27). The zero-order valence-electron chi connectivity index (χ0n) is 15.2. The summed E-state index contributed by atoms with van der Waals surface area (Å²) in [6, 6.07) is 10.4. The van der Waals surface area contributed by atoms with Crippen molar-refractivity contribution in [3.63, 3.8) is 0 Å². The molecule has 146 valence electrons. The van der Waals surface area contributed by atoms with E-state index in [1.807, 2.05) is 0 Å². The monoisotopic (exact) mass is 409 g/mol. The Morgan fingerprint density at radius 2 is 2.00 bits per heavy atom. The first-order chi connectivity index (χ1) is 14.1. The van der Waals surface area contributed by atoms with Gasteiger partial charge in [-0.05, 0) is 46.8 Å². The number of carbonyl (C=O) groups excluding carboxylic acids is 2. The van der Waals surface area contributed by atoms with Crippen LogP contribution in [0.3, 0.4) is 0 Å². The van der Waals surface area contributed by atoms with Crippen LogP contribution in [0.15, 0.2) is 52.5 Å². The lowest BCUT2D eigenvalue weighted by atomic mass is 10.2. The zero-order chi connectivity index (χ0) is 20.2. The molecule has 0 aliphatic carbocycles. The van der Waals surface area contributed by atoms with E-state index in [4.69, 9.17) is 4.42 Å². The molecule has 0 aliphatic rings. The van der Waals surface area contributed by atoms with Crippen molar-refractivity contribution in [2.45, 2.75) is 13.5 Å². The highest BCUT2D eigenvalue weighted by Gasteiger charge is 2.13. The second-order valence-electron chi connectivity index (χ2n) is 5.97. The third kappa shape index (κ3) is 4.35. The number of aromatic nitrogens is 5. The fourth-order valence-electron chi connectivity index (χ4n) is 2.48. The van der Waals surface area contributed by atoms with Gasteiger partial charge >= 0.3 is 0 Å². The van der Waals surface area contributed by atoms with E-state index in [0.29, 0.717) is 34.5 Å². The maximum atomic E-state index is 12.5. The van der Waals surface area contributed by atoms with Crippen LogP contribution in [0.4, 0.5) is 5.13 Å². The van der Waals surface area contributed by atoms with Gasteiger partial charge in [0.05, 0.1) is 12.2 Å². The number of hydrogen-bond acceptors (Lipinski definition) is 8. The van der Waals surface area contributed by atoms with Crippen molar-refractivity contribution in [3.8, 4) is 17.1 Å². The summed E-state index contributed by atoms with van der Waals surface area (Å²) in [5.41, 5.74) is 1.83. The topological polar surface area (TPSA) is 128 Å². The number of furan rings is 1. The van der Waals surface area contributed by atoms with Crippen LogP contribution in [0, 0.1) is 0 Å². The second kappa shape index (κ2) is 8.02. The summed E-state index contributed by atoms with van der Waals surface area (Å²) in [7, 11) is 0. The Labute approximate surface area is 168 Å². The number of benzene rings is 1. The Hall–Kier alpha value is -3.86. The summed E-state index contributed by atoms with van der Waals surface area (Å²) < 4.78 is 7.17. The van der Waals surface area contributed by atoms with E-state index in [1.165, 1.54) is 29.3 Å². The van der Waals surface area contributed by atoms with Gasteiger partial charge < -0.3 is 9.73 Å². The number of hydrogen-bond donors (Lipinski definition) is 2. The molecule has 0 atom stereocenters. The molecule has 0 unspecified atom stereocenters. The maximum absolute atomic E-state index is 12.5. The van der Waals surface area contributed by atoms with Gasteiger partial charge in [0, 0.05) is 17.9 Å². The van der Waals surface area contributed by atoms with Crippen LogP contribution >= 0.6 is 11.3 Å². The fourth-order valence-corrected chi connectivity index (χ4v) is 3.18. The molecule has 3 aromatic heterocycles. The minimum atomic E-state index is -0.278. The molecule has 10 nitrogen and oxygen atoms in total. The molecule has 0 saturated heterocycles. The minimum absolute atomic E-state index is 0.132. The molecule has 4 aromatic rings. The van der Waals surface area contributed by atoms with E-state index in [0.717, 1.165) is 5.69 Å². The molecule has 0 bridgehead atoms. The molecule has 0 radical (unpaired) electrons.